The van der Waals surface area contributed by atoms with E-state index < -0.39 is 11.9 Å². The van der Waals surface area contributed by atoms with Gasteiger partial charge in [-0.05, 0) is 55.4 Å². The van der Waals surface area contributed by atoms with Crippen molar-refractivity contribution in [2.45, 2.75) is 77.6 Å². The molecule has 0 aliphatic carbocycles. The maximum Gasteiger partial charge on any atom is 0.335 e. The maximum absolute atomic E-state index is 11.1. The van der Waals surface area contributed by atoms with Crippen molar-refractivity contribution in [2.24, 2.45) is 5.92 Å². The Morgan fingerprint density at radius 1 is 0.886 bits per heavy atom. The van der Waals surface area contributed by atoms with Gasteiger partial charge in [-0.15, -0.1) is 0 Å². The first-order valence-electron chi connectivity index (χ1n) is 12.9. The second kappa shape index (κ2) is 16.5. The van der Waals surface area contributed by atoms with Crippen LogP contribution in [0.25, 0.3) is 6.08 Å². The molecule has 1 atom stereocenters. The molecule has 5 nitrogen and oxygen atoms in total. The fourth-order valence-electron chi connectivity index (χ4n) is 4.09. The number of carboxylic acid groups (broad SMARTS) is 2. The lowest BCUT2D eigenvalue weighted by molar-refractivity contribution is -0.137. The zero-order valence-electron chi connectivity index (χ0n) is 21.0. The van der Waals surface area contributed by atoms with Gasteiger partial charge in [-0.2, -0.15) is 0 Å². The molecule has 0 spiro atoms. The van der Waals surface area contributed by atoms with Crippen molar-refractivity contribution in [3.05, 3.63) is 71.3 Å². The van der Waals surface area contributed by atoms with E-state index in [9.17, 15) is 9.59 Å². The van der Waals surface area contributed by atoms with E-state index in [0.717, 1.165) is 42.6 Å². The predicted octanol–water partition coefficient (Wildman–Crippen LogP) is 7.64. The first kappa shape index (κ1) is 28.2. The van der Waals surface area contributed by atoms with Crippen molar-refractivity contribution >= 4 is 18.0 Å². The molecule has 0 aliphatic rings. The number of hydrogen-bond acceptors (Lipinski definition) is 3. The lowest BCUT2D eigenvalue weighted by Crippen LogP contribution is -2.04. The second-order valence-corrected chi connectivity index (χ2v) is 9.12. The molecule has 2 aromatic rings. The second-order valence-electron chi connectivity index (χ2n) is 9.12. The summed E-state index contributed by atoms with van der Waals surface area (Å²) in [4.78, 5) is 22.0. The van der Waals surface area contributed by atoms with Crippen molar-refractivity contribution < 1.29 is 24.5 Å². The third kappa shape index (κ3) is 11.7. The highest BCUT2D eigenvalue weighted by Gasteiger charge is 2.10. The smallest absolute Gasteiger partial charge is 0.335 e. The molecule has 2 aromatic carbocycles. The summed E-state index contributed by atoms with van der Waals surface area (Å²) >= 11 is 0. The van der Waals surface area contributed by atoms with Crippen LogP contribution in [0.2, 0.25) is 0 Å². The van der Waals surface area contributed by atoms with Crippen LogP contribution in [0.4, 0.5) is 0 Å². The van der Waals surface area contributed by atoms with Crippen molar-refractivity contribution in [1.82, 2.24) is 0 Å². The fourth-order valence-corrected chi connectivity index (χ4v) is 4.09. The monoisotopic (exact) mass is 480 g/mol. The van der Waals surface area contributed by atoms with E-state index in [1.54, 1.807) is 12.1 Å². The van der Waals surface area contributed by atoms with E-state index in [1.807, 2.05) is 30.3 Å². The van der Waals surface area contributed by atoms with Gasteiger partial charge in [-0.25, -0.2) is 4.79 Å². The molecule has 2 rings (SSSR count). The normalized spacial score (nSPS) is 12.0. The third-order valence-corrected chi connectivity index (χ3v) is 6.14. The van der Waals surface area contributed by atoms with Gasteiger partial charge in [-0.3, -0.25) is 4.79 Å². The zero-order valence-corrected chi connectivity index (χ0v) is 21.0. The van der Waals surface area contributed by atoms with Crippen molar-refractivity contribution in [3.8, 4) is 5.75 Å². The third-order valence-electron chi connectivity index (χ3n) is 6.14. The molecule has 0 amide bonds. The summed E-state index contributed by atoms with van der Waals surface area (Å²) < 4.78 is 6.08. The lowest BCUT2D eigenvalue weighted by Gasteiger charge is -2.14. The number of ether oxygens (including phenoxy) is 1. The van der Waals surface area contributed by atoms with Gasteiger partial charge in [-0.1, -0.05) is 87.9 Å². The Morgan fingerprint density at radius 3 is 2.31 bits per heavy atom. The number of aromatic carboxylic acids is 1. The highest BCUT2D eigenvalue weighted by molar-refractivity contribution is 5.87. The molecule has 0 radical (unpaired) electrons. The van der Waals surface area contributed by atoms with Crippen LogP contribution in [-0.2, 0) is 11.2 Å². The van der Waals surface area contributed by atoms with Gasteiger partial charge in [0.05, 0.1) is 12.2 Å². The molecular weight excluding hydrogens is 440 g/mol. The molecular formula is C30H40O5. The Morgan fingerprint density at radius 2 is 1.60 bits per heavy atom. The molecule has 0 aromatic heterocycles. The Balaban J connectivity index is 2.00. The summed E-state index contributed by atoms with van der Waals surface area (Å²) in [6.45, 7) is 2.94. The minimum Gasteiger partial charge on any atom is -0.493 e. The highest BCUT2D eigenvalue weighted by Crippen LogP contribution is 2.24. The Bertz CT molecular complexity index is 917. The molecule has 190 valence electrons. The van der Waals surface area contributed by atoms with Crippen LogP contribution >= 0.6 is 0 Å². The van der Waals surface area contributed by atoms with E-state index in [-0.39, 0.29) is 17.9 Å². The number of unbranched alkanes of at least 4 members (excludes halogenated alkanes) is 6. The number of aliphatic carboxylic acids is 1. The Kier molecular flexibility index (Phi) is 13.3. The van der Waals surface area contributed by atoms with E-state index in [2.05, 4.69) is 25.1 Å². The van der Waals surface area contributed by atoms with Crippen LogP contribution in [0, 0.1) is 5.92 Å². The summed E-state index contributed by atoms with van der Waals surface area (Å²) in [6.07, 6.45) is 14.9. The van der Waals surface area contributed by atoms with Crippen LogP contribution in [0.3, 0.4) is 0 Å². The van der Waals surface area contributed by atoms with E-state index in [0.29, 0.717) is 13.0 Å². The SMILES string of the molecule is CCCCCCCCOc1ccccc1/C=C/C(CCCCC(=O)O)Cc1ccc(C(=O)O)cc1. The number of carboxylic acids is 2. The Hall–Kier alpha value is -3.08. The van der Waals surface area contributed by atoms with Crippen molar-refractivity contribution in [2.75, 3.05) is 6.61 Å². The van der Waals surface area contributed by atoms with Crippen molar-refractivity contribution in [1.29, 1.82) is 0 Å². The molecule has 1 unspecified atom stereocenters. The van der Waals surface area contributed by atoms with Crippen LogP contribution in [0.1, 0.15) is 92.6 Å². The fraction of sp³-hybridized carbons (Fsp3) is 0.467. The molecule has 0 saturated heterocycles. The summed E-state index contributed by atoms with van der Waals surface area (Å²) in [5.74, 6) is -0.601. The van der Waals surface area contributed by atoms with Gasteiger partial charge in [0.2, 0.25) is 0 Å². The maximum atomic E-state index is 11.1. The van der Waals surface area contributed by atoms with E-state index >= 15 is 0 Å². The van der Waals surface area contributed by atoms with Gasteiger partial charge >= 0.3 is 11.9 Å². The van der Waals surface area contributed by atoms with Crippen LogP contribution < -0.4 is 4.74 Å². The average molecular weight is 481 g/mol. The van der Waals surface area contributed by atoms with Gasteiger partial charge < -0.3 is 14.9 Å². The standard InChI is InChI=1S/C30H40O5/c1-2-3-4-5-6-11-22-35-28-14-9-8-13-26(28)19-16-24(12-7-10-15-29(31)32)23-25-17-20-27(21-18-25)30(33)34/h8-9,13-14,16-21,24H,2-7,10-12,15,22-23H2,1H3,(H,31,32)(H,33,34)/b19-16+. The first-order chi connectivity index (χ1) is 17.0. The van der Waals surface area contributed by atoms with Gasteiger partial charge in [0.1, 0.15) is 5.75 Å². The lowest BCUT2D eigenvalue weighted by atomic mass is 9.92. The molecule has 2 N–H and O–H groups in total. The first-order valence-corrected chi connectivity index (χ1v) is 12.9. The number of carbonyl (C=O) groups is 2. The van der Waals surface area contributed by atoms with E-state index in [4.69, 9.17) is 14.9 Å². The predicted molar refractivity (Wildman–Crippen MR) is 141 cm³/mol. The molecule has 5 heteroatoms. The molecule has 0 saturated carbocycles. The average Bonchev–Trinajstić information content (AvgIpc) is 2.85. The molecule has 35 heavy (non-hydrogen) atoms. The van der Waals surface area contributed by atoms with Crippen molar-refractivity contribution in [3.63, 3.8) is 0 Å². The molecule has 0 bridgehead atoms. The molecule has 0 heterocycles. The summed E-state index contributed by atoms with van der Waals surface area (Å²) in [7, 11) is 0. The quantitative estimate of drug-likeness (QED) is 0.214. The molecule has 0 aliphatic heterocycles. The number of allylic oxidation sites excluding steroid dienone is 1. The number of rotatable bonds is 18. The summed E-state index contributed by atoms with van der Waals surface area (Å²) in [5.41, 5.74) is 2.38. The molecule has 0 fully saturated rings. The number of hydrogen-bond donors (Lipinski definition) is 2. The Labute approximate surface area is 209 Å². The van der Waals surface area contributed by atoms with Crippen LogP contribution in [0.5, 0.6) is 5.75 Å². The van der Waals surface area contributed by atoms with Gasteiger partial charge in [0.25, 0.3) is 0 Å². The summed E-state index contributed by atoms with van der Waals surface area (Å²) in [6, 6.07) is 15.0. The van der Waals surface area contributed by atoms with Gasteiger partial charge in [0.15, 0.2) is 0 Å². The van der Waals surface area contributed by atoms with Crippen LogP contribution in [-0.4, -0.2) is 28.8 Å². The topological polar surface area (TPSA) is 83.8 Å². The largest absolute Gasteiger partial charge is 0.493 e. The zero-order chi connectivity index (χ0) is 25.3. The van der Waals surface area contributed by atoms with Gasteiger partial charge in [0, 0.05) is 12.0 Å². The number of benzene rings is 2. The van der Waals surface area contributed by atoms with E-state index in [1.165, 1.54) is 32.1 Å². The number of para-hydroxylation sites is 1. The highest BCUT2D eigenvalue weighted by atomic mass is 16.5. The minimum absolute atomic E-state index is 0.179. The van der Waals surface area contributed by atoms with Crippen LogP contribution in [0.15, 0.2) is 54.6 Å². The minimum atomic E-state index is -0.931. The summed E-state index contributed by atoms with van der Waals surface area (Å²) in [5, 5.41) is 18.1.